The summed E-state index contributed by atoms with van der Waals surface area (Å²) in [5.74, 6) is 1.13. The third kappa shape index (κ3) is 3.10. The summed E-state index contributed by atoms with van der Waals surface area (Å²) in [6.45, 7) is 3.83. The SMILES string of the molecule is Cc1cnc(CNC(=O)C(C)S)o1. The highest BCUT2D eigenvalue weighted by Gasteiger charge is 2.08. The minimum atomic E-state index is -0.309. The van der Waals surface area contributed by atoms with Crippen molar-refractivity contribution < 1.29 is 9.21 Å². The van der Waals surface area contributed by atoms with Crippen LogP contribution < -0.4 is 5.32 Å². The molecule has 0 fully saturated rings. The van der Waals surface area contributed by atoms with Gasteiger partial charge in [-0.15, -0.1) is 0 Å². The predicted molar refractivity (Wildman–Crippen MR) is 51.5 cm³/mol. The molecule has 1 rings (SSSR count). The zero-order valence-corrected chi connectivity index (χ0v) is 8.47. The first-order chi connectivity index (χ1) is 6.09. The molecule has 0 radical (unpaired) electrons. The Labute approximate surface area is 82.1 Å². The Hall–Kier alpha value is -0.970. The topological polar surface area (TPSA) is 55.1 Å². The second-order valence-electron chi connectivity index (χ2n) is 2.76. The van der Waals surface area contributed by atoms with Gasteiger partial charge in [0.2, 0.25) is 11.8 Å². The third-order valence-electron chi connectivity index (χ3n) is 1.46. The molecule has 0 aliphatic carbocycles. The van der Waals surface area contributed by atoms with Gasteiger partial charge in [-0.1, -0.05) is 0 Å². The van der Waals surface area contributed by atoms with Crippen molar-refractivity contribution in [3.8, 4) is 0 Å². The Balaban J connectivity index is 2.39. The Kier molecular flexibility index (Phi) is 3.36. The van der Waals surface area contributed by atoms with Crippen molar-refractivity contribution >= 4 is 18.5 Å². The zero-order valence-electron chi connectivity index (χ0n) is 7.57. The monoisotopic (exact) mass is 200 g/mol. The first kappa shape index (κ1) is 10.1. The summed E-state index contributed by atoms with van der Waals surface area (Å²) < 4.78 is 5.16. The van der Waals surface area contributed by atoms with E-state index in [0.29, 0.717) is 12.4 Å². The van der Waals surface area contributed by atoms with Crippen LogP contribution in [0.3, 0.4) is 0 Å². The lowest BCUT2D eigenvalue weighted by molar-refractivity contribution is -0.120. The van der Waals surface area contributed by atoms with Gasteiger partial charge in [-0.25, -0.2) is 4.98 Å². The fourth-order valence-electron chi connectivity index (χ4n) is 0.794. The van der Waals surface area contributed by atoms with Gasteiger partial charge in [-0.05, 0) is 13.8 Å². The van der Waals surface area contributed by atoms with Gasteiger partial charge >= 0.3 is 0 Å². The molecule has 13 heavy (non-hydrogen) atoms. The number of aryl methyl sites for hydroxylation is 1. The second kappa shape index (κ2) is 4.32. The average molecular weight is 200 g/mol. The van der Waals surface area contributed by atoms with Crippen molar-refractivity contribution in [3.05, 3.63) is 17.8 Å². The molecule has 0 aliphatic rings. The van der Waals surface area contributed by atoms with E-state index in [1.54, 1.807) is 20.0 Å². The van der Waals surface area contributed by atoms with E-state index in [2.05, 4.69) is 22.9 Å². The van der Waals surface area contributed by atoms with Crippen molar-refractivity contribution in [1.29, 1.82) is 0 Å². The summed E-state index contributed by atoms with van der Waals surface area (Å²) in [5.41, 5.74) is 0. The molecule has 0 spiro atoms. The minimum absolute atomic E-state index is 0.126. The van der Waals surface area contributed by atoms with Gasteiger partial charge in [0.05, 0.1) is 18.0 Å². The number of amides is 1. The number of nitrogens with one attached hydrogen (secondary N) is 1. The predicted octanol–water partition coefficient (Wildman–Crippen LogP) is 0.918. The molecule has 4 nitrogen and oxygen atoms in total. The van der Waals surface area contributed by atoms with E-state index in [1.807, 2.05) is 0 Å². The Morgan fingerprint density at radius 1 is 1.85 bits per heavy atom. The van der Waals surface area contributed by atoms with Crippen LogP contribution in [0.25, 0.3) is 0 Å². The molecule has 1 atom stereocenters. The van der Waals surface area contributed by atoms with E-state index in [4.69, 9.17) is 4.42 Å². The molecule has 0 saturated heterocycles. The summed E-state index contributed by atoms with van der Waals surface area (Å²) in [7, 11) is 0. The number of aromatic nitrogens is 1. The first-order valence-electron chi connectivity index (χ1n) is 3.96. The number of hydrogen-bond acceptors (Lipinski definition) is 4. The van der Waals surface area contributed by atoms with Crippen LogP contribution in [0.2, 0.25) is 0 Å². The fraction of sp³-hybridized carbons (Fsp3) is 0.500. The number of nitrogens with zero attached hydrogens (tertiary/aromatic N) is 1. The van der Waals surface area contributed by atoms with Gasteiger partial charge in [-0.3, -0.25) is 4.79 Å². The van der Waals surface area contributed by atoms with Crippen LogP contribution in [0.5, 0.6) is 0 Å². The van der Waals surface area contributed by atoms with Crippen LogP contribution in [0.15, 0.2) is 10.6 Å². The minimum Gasteiger partial charge on any atom is -0.444 e. The van der Waals surface area contributed by atoms with E-state index in [1.165, 1.54) is 0 Å². The largest absolute Gasteiger partial charge is 0.444 e. The van der Waals surface area contributed by atoms with E-state index < -0.39 is 0 Å². The molecule has 1 unspecified atom stereocenters. The van der Waals surface area contributed by atoms with Crippen molar-refractivity contribution in [2.75, 3.05) is 0 Å². The first-order valence-corrected chi connectivity index (χ1v) is 4.48. The maximum absolute atomic E-state index is 11.1. The van der Waals surface area contributed by atoms with Gasteiger partial charge < -0.3 is 9.73 Å². The average Bonchev–Trinajstić information content (AvgIpc) is 2.47. The molecule has 1 amide bonds. The van der Waals surface area contributed by atoms with E-state index >= 15 is 0 Å². The number of hydrogen-bond donors (Lipinski definition) is 2. The van der Waals surface area contributed by atoms with Gasteiger partial charge in [-0.2, -0.15) is 12.6 Å². The molecular weight excluding hydrogens is 188 g/mol. The Morgan fingerprint density at radius 3 is 3.00 bits per heavy atom. The smallest absolute Gasteiger partial charge is 0.232 e. The highest BCUT2D eigenvalue weighted by molar-refractivity contribution is 7.81. The highest BCUT2D eigenvalue weighted by Crippen LogP contribution is 2.01. The van der Waals surface area contributed by atoms with E-state index in [0.717, 1.165) is 5.76 Å². The number of carbonyl (C=O) groups is 1. The summed E-state index contributed by atoms with van der Waals surface area (Å²) in [6.07, 6.45) is 1.62. The van der Waals surface area contributed by atoms with Crippen LogP contribution in [-0.4, -0.2) is 16.1 Å². The van der Waals surface area contributed by atoms with Crippen LogP contribution in [0.4, 0.5) is 0 Å². The van der Waals surface area contributed by atoms with Crippen molar-refractivity contribution in [3.63, 3.8) is 0 Å². The van der Waals surface area contributed by atoms with Crippen LogP contribution in [-0.2, 0) is 11.3 Å². The van der Waals surface area contributed by atoms with Gasteiger partial charge in [0, 0.05) is 0 Å². The molecule has 0 saturated carbocycles. The number of rotatable bonds is 3. The van der Waals surface area contributed by atoms with Gasteiger partial charge in [0.15, 0.2) is 0 Å². The molecule has 0 aliphatic heterocycles. The van der Waals surface area contributed by atoms with Crippen molar-refractivity contribution in [2.45, 2.75) is 25.6 Å². The van der Waals surface area contributed by atoms with Crippen LogP contribution in [0, 0.1) is 6.92 Å². The van der Waals surface area contributed by atoms with E-state index in [-0.39, 0.29) is 11.2 Å². The zero-order chi connectivity index (χ0) is 9.84. The van der Waals surface area contributed by atoms with Gasteiger partial charge in [0.25, 0.3) is 0 Å². The number of oxazole rings is 1. The molecule has 1 aromatic rings. The standard InChI is InChI=1S/C8H12N2O2S/c1-5-3-9-7(12-5)4-10-8(11)6(2)13/h3,6,13H,4H2,1-2H3,(H,10,11). The summed E-state index contributed by atoms with van der Waals surface area (Å²) in [5, 5.41) is 2.33. The quantitative estimate of drug-likeness (QED) is 0.713. The Bertz CT molecular complexity index is 296. The molecule has 1 heterocycles. The fourth-order valence-corrected chi connectivity index (χ4v) is 0.885. The summed E-state index contributed by atoms with van der Waals surface area (Å²) in [6, 6.07) is 0. The van der Waals surface area contributed by atoms with Crippen molar-refractivity contribution in [1.82, 2.24) is 10.3 Å². The second-order valence-corrected chi connectivity index (χ2v) is 3.53. The van der Waals surface area contributed by atoms with Crippen LogP contribution in [0.1, 0.15) is 18.6 Å². The summed E-state index contributed by atoms with van der Waals surface area (Å²) >= 11 is 3.98. The molecule has 0 aromatic carbocycles. The van der Waals surface area contributed by atoms with Gasteiger partial charge in [0.1, 0.15) is 5.76 Å². The molecule has 5 heteroatoms. The number of thiol groups is 1. The normalized spacial score (nSPS) is 12.5. The van der Waals surface area contributed by atoms with Crippen LogP contribution >= 0.6 is 12.6 Å². The highest BCUT2D eigenvalue weighted by atomic mass is 32.1. The summed E-state index contributed by atoms with van der Waals surface area (Å²) in [4.78, 5) is 15.0. The lowest BCUT2D eigenvalue weighted by atomic mass is 10.4. The molecule has 1 aromatic heterocycles. The third-order valence-corrected chi connectivity index (χ3v) is 1.70. The maximum Gasteiger partial charge on any atom is 0.232 e. The molecule has 0 bridgehead atoms. The molecule has 1 N–H and O–H groups in total. The lowest BCUT2D eigenvalue weighted by Crippen LogP contribution is -2.29. The van der Waals surface area contributed by atoms with Crippen molar-refractivity contribution in [2.24, 2.45) is 0 Å². The molecule has 72 valence electrons. The maximum atomic E-state index is 11.1. The van der Waals surface area contributed by atoms with E-state index in [9.17, 15) is 4.79 Å². The Morgan fingerprint density at radius 2 is 2.54 bits per heavy atom. The molecular formula is C8H12N2O2S. The lowest BCUT2D eigenvalue weighted by Gasteiger charge is -2.03. The number of carbonyl (C=O) groups excluding carboxylic acids is 1.